The zero-order chi connectivity index (χ0) is 29.2. The lowest BCUT2D eigenvalue weighted by atomic mass is 9.94. The van der Waals surface area contributed by atoms with Crippen LogP contribution in [0.15, 0.2) is 48.5 Å². The van der Waals surface area contributed by atoms with Crippen molar-refractivity contribution < 1.29 is 28.5 Å². The number of carbonyl (C=O) groups excluding carboxylic acids is 2. The molecule has 2 fully saturated rings. The maximum absolute atomic E-state index is 13.8. The van der Waals surface area contributed by atoms with Gasteiger partial charge in [-0.25, -0.2) is 4.79 Å². The molecule has 0 radical (unpaired) electrons. The van der Waals surface area contributed by atoms with E-state index in [9.17, 15) is 9.59 Å². The predicted octanol–water partition coefficient (Wildman–Crippen LogP) is 4.60. The molecule has 2 aromatic carbocycles. The van der Waals surface area contributed by atoms with Crippen molar-refractivity contribution in [1.29, 1.82) is 0 Å². The molecule has 9 nitrogen and oxygen atoms in total. The van der Waals surface area contributed by atoms with Gasteiger partial charge in [-0.15, -0.1) is 0 Å². The second-order valence-electron chi connectivity index (χ2n) is 11.2. The number of ether oxygens (including phenoxy) is 4. The molecule has 0 bridgehead atoms. The topological polar surface area (TPSA) is 89.6 Å². The fourth-order valence-corrected chi connectivity index (χ4v) is 5.28. The summed E-state index contributed by atoms with van der Waals surface area (Å²) in [5, 5.41) is 3.50. The highest BCUT2D eigenvalue weighted by Crippen LogP contribution is 2.32. The molecule has 1 saturated carbocycles. The van der Waals surface area contributed by atoms with Crippen molar-refractivity contribution in [2.24, 2.45) is 11.8 Å². The Morgan fingerprint density at radius 1 is 0.951 bits per heavy atom. The normalized spacial score (nSPS) is 18.3. The predicted molar refractivity (Wildman–Crippen MR) is 157 cm³/mol. The molecule has 2 aliphatic rings. The maximum atomic E-state index is 13.8. The zero-order valence-electron chi connectivity index (χ0n) is 24.8. The molecule has 1 N–H and O–H groups in total. The van der Waals surface area contributed by atoms with E-state index in [0.717, 1.165) is 37.9 Å². The SMILES string of the molecule is COCCCOc1cc(C(=O)N(C[C@H]2CNC[C@H]2CN(C(=O)OCc2ccccc2)C2CC2)C(C)C)ccc1OC. The first-order valence-corrected chi connectivity index (χ1v) is 14.7. The molecule has 9 heteroatoms. The van der Waals surface area contributed by atoms with Gasteiger partial charge in [0.25, 0.3) is 5.91 Å². The van der Waals surface area contributed by atoms with E-state index < -0.39 is 0 Å². The molecule has 0 unspecified atom stereocenters. The molecule has 224 valence electrons. The van der Waals surface area contributed by atoms with Crippen LogP contribution in [0.3, 0.4) is 0 Å². The summed E-state index contributed by atoms with van der Waals surface area (Å²) in [6.45, 7) is 8.25. The fourth-order valence-electron chi connectivity index (χ4n) is 5.28. The minimum Gasteiger partial charge on any atom is -0.493 e. The van der Waals surface area contributed by atoms with Crippen LogP contribution in [0.2, 0.25) is 0 Å². The molecule has 1 aliphatic heterocycles. The van der Waals surface area contributed by atoms with Crippen molar-refractivity contribution in [1.82, 2.24) is 15.1 Å². The van der Waals surface area contributed by atoms with Crippen LogP contribution in [-0.4, -0.2) is 87.5 Å². The molecule has 2 aromatic rings. The van der Waals surface area contributed by atoms with Crippen molar-refractivity contribution in [2.75, 3.05) is 53.6 Å². The van der Waals surface area contributed by atoms with E-state index in [1.54, 1.807) is 32.4 Å². The molecule has 1 aliphatic carbocycles. The smallest absolute Gasteiger partial charge is 0.410 e. The summed E-state index contributed by atoms with van der Waals surface area (Å²) in [5.74, 6) is 1.54. The molecular weight excluding hydrogens is 522 g/mol. The van der Waals surface area contributed by atoms with Gasteiger partial charge in [0.15, 0.2) is 11.5 Å². The van der Waals surface area contributed by atoms with Crippen LogP contribution >= 0.6 is 0 Å². The number of benzene rings is 2. The second-order valence-corrected chi connectivity index (χ2v) is 11.2. The van der Waals surface area contributed by atoms with Gasteiger partial charge in [-0.3, -0.25) is 4.79 Å². The summed E-state index contributed by atoms with van der Waals surface area (Å²) in [5.41, 5.74) is 1.54. The first-order valence-electron chi connectivity index (χ1n) is 14.7. The van der Waals surface area contributed by atoms with Gasteiger partial charge >= 0.3 is 6.09 Å². The van der Waals surface area contributed by atoms with Gasteiger partial charge in [0.2, 0.25) is 0 Å². The first-order chi connectivity index (χ1) is 19.9. The highest BCUT2D eigenvalue weighted by Gasteiger charge is 2.39. The highest BCUT2D eigenvalue weighted by atomic mass is 16.6. The minimum absolute atomic E-state index is 0.00676. The molecule has 1 heterocycles. The van der Waals surface area contributed by atoms with Crippen molar-refractivity contribution in [3.8, 4) is 11.5 Å². The second kappa shape index (κ2) is 15.1. The minimum atomic E-state index is -0.255. The van der Waals surface area contributed by atoms with Crippen molar-refractivity contribution in [3.05, 3.63) is 59.7 Å². The Labute approximate surface area is 244 Å². The number of hydrogen-bond acceptors (Lipinski definition) is 7. The zero-order valence-corrected chi connectivity index (χ0v) is 24.8. The third kappa shape index (κ3) is 8.60. The average molecular weight is 568 g/mol. The van der Waals surface area contributed by atoms with Gasteiger partial charge in [0.1, 0.15) is 6.61 Å². The van der Waals surface area contributed by atoms with E-state index in [-0.39, 0.29) is 42.5 Å². The van der Waals surface area contributed by atoms with E-state index in [1.165, 1.54) is 0 Å². The summed E-state index contributed by atoms with van der Waals surface area (Å²) < 4.78 is 22.2. The molecular formula is C32H45N3O6. The molecule has 41 heavy (non-hydrogen) atoms. The number of nitrogens with one attached hydrogen (secondary N) is 1. The van der Waals surface area contributed by atoms with Gasteiger partial charge in [-0.1, -0.05) is 30.3 Å². The number of carbonyl (C=O) groups is 2. The third-order valence-electron chi connectivity index (χ3n) is 7.81. The number of hydrogen-bond donors (Lipinski definition) is 1. The molecule has 0 spiro atoms. The Hall–Kier alpha value is -3.30. The van der Waals surface area contributed by atoms with Gasteiger partial charge in [-0.2, -0.15) is 0 Å². The lowest BCUT2D eigenvalue weighted by Crippen LogP contribution is -2.45. The molecule has 2 atom stereocenters. The summed E-state index contributed by atoms with van der Waals surface area (Å²) in [6.07, 6.45) is 2.50. The van der Waals surface area contributed by atoms with E-state index in [4.69, 9.17) is 18.9 Å². The molecule has 4 rings (SSSR count). The van der Waals surface area contributed by atoms with Crippen LogP contribution in [0.25, 0.3) is 0 Å². The Morgan fingerprint density at radius 2 is 1.68 bits per heavy atom. The standard InChI is InChI=1S/C32H45N3O6/c1-23(2)34(31(36)25-11-14-29(39-4)30(17-25)40-16-8-15-38-3)20-26-18-33-19-27(26)21-35(28-12-13-28)32(37)41-22-24-9-6-5-7-10-24/h5-7,9-11,14,17,23,26-28,33H,8,12-13,15-16,18-22H2,1-4H3/t26-,27+/m1/s1. The monoisotopic (exact) mass is 567 g/mol. The lowest BCUT2D eigenvalue weighted by molar-refractivity contribution is 0.0627. The highest BCUT2D eigenvalue weighted by molar-refractivity contribution is 5.95. The van der Waals surface area contributed by atoms with Crippen LogP contribution in [0.1, 0.15) is 49.0 Å². The van der Waals surface area contributed by atoms with E-state index in [0.29, 0.717) is 43.4 Å². The quantitative estimate of drug-likeness (QED) is 0.315. The van der Waals surface area contributed by atoms with E-state index in [2.05, 4.69) is 5.32 Å². The number of methoxy groups -OCH3 is 2. The van der Waals surface area contributed by atoms with Crippen LogP contribution in [-0.2, 0) is 16.1 Å². The lowest BCUT2D eigenvalue weighted by Gasteiger charge is -2.33. The Kier molecular flexibility index (Phi) is 11.3. The largest absolute Gasteiger partial charge is 0.493 e. The molecule has 1 saturated heterocycles. The van der Waals surface area contributed by atoms with Crippen molar-refractivity contribution in [3.63, 3.8) is 0 Å². The Morgan fingerprint density at radius 3 is 2.34 bits per heavy atom. The van der Waals surface area contributed by atoms with Crippen LogP contribution < -0.4 is 14.8 Å². The average Bonchev–Trinajstić information content (AvgIpc) is 3.74. The fraction of sp³-hybridized carbons (Fsp3) is 0.562. The van der Waals surface area contributed by atoms with E-state index in [1.807, 2.05) is 54.0 Å². The van der Waals surface area contributed by atoms with Crippen LogP contribution in [0, 0.1) is 11.8 Å². The first kappa shape index (κ1) is 30.7. The van der Waals surface area contributed by atoms with Crippen LogP contribution in [0.5, 0.6) is 11.5 Å². The Balaban J connectivity index is 1.40. The van der Waals surface area contributed by atoms with E-state index >= 15 is 0 Å². The molecule has 0 aromatic heterocycles. The third-order valence-corrected chi connectivity index (χ3v) is 7.81. The summed E-state index contributed by atoms with van der Waals surface area (Å²) >= 11 is 0. The summed E-state index contributed by atoms with van der Waals surface area (Å²) in [7, 11) is 3.25. The maximum Gasteiger partial charge on any atom is 0.410 e. The number of nitrogens with zero attached hydrogens (tertiary/aromatic N) is 2. The van der Waals surface area contributed by atoms with Gasteiger partial charge in [0.05, 0.1) is 13.7 Å². The Bertz CT molecular complexity index is 1120. The molecule has 2 amide bonds. The van der Waals surface area contributed by atoms with Gasteiger partial charge in [0, 0.05) is 64.0 Å². The van der Waals surface area contributed by atoms with Crippen molar-refractivity contribution >= 4 is 12.0 Å². The number of rotatable bonds is 15. The number of amides is 2. The van der Waals surface area contributed by atoms with Gasteiger partial charge < -0.3 is 34.1 Å². The van der Waals surface area contributed by atoms with Crippen LogP contribution in [0.4, 0.5) is 4.79 Å². The summed E-state index contributed by atoms with van der Waals surface area (Å²) in [4.78, 5) is 30.7. The summed E-state index contributed by atoms with van der Waals surface area (Å²) in [6, 6.07) is 15.4. The van der Waals surface area contributed by atoms with Gasteiger partial charge in [-0.05, 0) is 62.3 Å². The van der Waals surface area contributed by atoms with Crippen molar-refractivity contribution in [2.45, 2.75) is 51.8 Å².